The zero-order valence-electron chi connectivity index (χ0n) is 16.2. The minimum absolute atomic E-state index is 0.0305. The van der Waals surface area contributed by atoms with Crippen molar-refractivity contribution in [2.75, 3.05) is 6.54 Å². The normalized spacial score (nSPS) is 10.8. The smallest absolute Gasteiger partial charge is 0.250 e. The van der Waals surface area contributed by atoms with E-state index in [0.717, 1.165) is 13.0 Å². The van der Waals surface area contributed by atoms with Crippen molar-refractivity contribution in [2.45, 2.75) is 40.5 Å². The molecule has 0 bridgehead atoms. The SMILES string of the molecule is CC(C)(C)CCN.CCc1cc(F)c(Oc2ccc(C(N)=O)cn2)c(F)c1. The third kappa shape index (κ3) is 7.70. The second-order valence-corrected chi connectivity index (χ2v) is 7.19. The maximum absolute atomic E-state index is 13.7. The second-order valence-electron chi connectivity index (χ2n) is 7.19. The topological polar surface area (TPSA) is 91.2 Å². The van der Waals surface area contributed by atoms with Crippen LogP contribution in [0.25, 0.3) is 0 Å². The zero-order valence-corrected chi connectivity index (χ0v) is 16.2. The lowest BCUT2D eigenvalue weighted by atomic mass is 9.93. The van der Waals surface area contributed by atoms with Crippen LogP contribution in [0.1, 0.15) is 50.0 Å². The van der Waals surface area contributed by atoms with E-state index in [0.29, 0.717) is 17.4 Å². The molecule has 7 heteroatoms. The summed E-state index contributed by atoms with van der Waals surface area (Å²) in [5.74, 6) is -2.81. The predicted molar refractivity (Wildman–Crippen MR) is 102 cm³/mol. The Morgan fingerprint density at radius 2 is 1.78 bits per heavy atom. The zero-order chi connectivity index (χ0) is 20.6. The van der Waals surface area contributed by atoms with Crippen LogP contribution >= 0.6 is 0 Å². The number of halogens is 2. The van der Waals surface area contributed by atoms with E-state index in [4.69, 9.17) is 16.2 Å². The van der Waals surface area contributed by atoms with E-state index in [9.17, 15) is 13.6 Å². The Kier molecular flexibility index (Phi) is 8.31. The molecule has 0 unspecified atom stereocenters. The van der Waals surface area contributed by atoms with Crippen molar-refractivity contribution in [3.05, 3.63) is 53.2 Å². The highest BCUT2D eigenvalue weighted by atomic mass is 19.1. The van der Waals surface area contributed by atoms with E-state index in [2.05, 4.69) is 25.8 Å². The standard InChI is InChI=1S/C14H12F2N2O2.C6H15N/c1-2-8-5-10(15)13(11(16)6-8)20-12-4-3-9(7-18-12)14(17)19;1-6(2,3)4-5-7/h3-7H,2H2,1H3,(H2,17,19);4-5,7H2,1-3H3. The van der Waals surface area contributed by atoms with Crippen LogP contribution in [0.5, 0.6) is 11.6 Å². The molecule has 0 aliphatic rings. The van der Waals surface area contributed by atoms with E-state index in [-0.39, 0.29) is 11.4 Å². The van der Waals surface area contributed by atoms with Gasteiger partial charge in [0.05, 0.1) is 5.56 Å². The van der Waals surface area contributed by atoms with Crippen molar-refractivity contribution in [3.63, 3.8) is 0 Å². The van der Waals surface area contributed by atoms with Gasteiger partial charge in [-0.2, -0.15) is 0 Å². The largest absolute Gasteiger partial charge is 0.433 e. The number of carbonyl (C=O) groups excluding carboxylic acids is 1. The predicted octanol–water partition coefficient (Wildman–Crippen LogP) is 4.19. The number of hydrogen-bond donors (Lipinski definition) is 2. The Morgan fingerprint density at radius 1 is 1.19 bits per heavy atom. The number of ether oxygens (including phenoxy) is 1. The molecular weight excluding hydrogens is 352 g/mol. The Labute approximate surface area is 158 Å². The molecular formula is C20H27F2N3O2. The number of aryl methyl sites for hydroxylation is 1. The number of nitrogens with two attached hydrogens (primary N) is 2. The van der Waals surface area contributed by atoms with Crippen LogP contribution < -0.4 is 16.2 Å². The monoisotopic (exact) mass is 379 g/mol. The van der Waals surface area contributed by atoms with E-state index in [1.165, 1.54) is 30.5 Å². The van der Waals surface area contributed by atoms with Crippen LogP contribution in [-0.4, -0.2) is 17.4 Å². The summed E-state index contributed by atoms with van der Waals surface area (Å²) in [7, 11) is 0. The van der Waals surface area contributed by atoms with E-state index >= 15 is 0 Å². The maximum Gasteiger partial charge on any atom is 0.250 e. The maximum atomic E-state index is 13.7. The number of rotatable bonds is 5. The van der Waals surface area contributed by atoms with Crippen molar-refractivity contribution in [1.29, 1.82) is 0 Å². The van der Waals surface area contributed by atoms with Gasteiger partial charge >= 0.3 is 0 Å². The minimum Gasteiger partial charge on any atom is -0.433 e. The summed E-state index contributed by atoms with van der Waals surface area (Å²) in [6, 6.07) is 5.08. The van der Waals surface area contributed by atoms with Gasteiger partial charge < -0.3 is 16.2 Å². The lowest BCUT2D eigenvalue weighted by Gasteiger charge is -2.15. The van der Waals surface area contributed by atoms with Crippen molar-refractivity contribution in [1.82, 2.24) is 4.98 Å². The molecule has 27 heavy (non-hydrogen) atoms. The number of carbonyl (C=O) groups is 1. The molecule has 4 N–H and O–H groups in total. The molecule has 0 fully saturated rings. The first-order valence-corrected chi connectivity index (χ1v) is 8.69. The van der Waals surface area contributed by atoms with Gasteiger partial charge in [-0.25, -0.2) is 13.8 Å². The van der Waals surface area contributed by atoms with Gasteiger partial charge in [0.1, 0.15) is 0 Å². The van der Waals surface area contributed by atoms with Crippen LogP contribution in [-0.2, 0) is 6.42 Å². The summed E-state index contributed by atoms with van der Waals surface area (Å²) >= 11 is 0. The fourth-order valence-electron chi connectivity index (χ4n) is 2.04. The molecule has 0 aliphatic carbocycles. The average molecular weight is 379 g/mol. The lowest BCUT2D eigenvalue weighted by molar-refractivity contribution is 0.1000. The Balaban J connectivity index is 0.000000445. The van der Waals surface area contributed by atoms with Crippen LogP contribution in [0.2, 0.25) is 0 Å². The minimum atomic E-state index is -0.803. The Hall–Kier alpha value is -2.54. The number of benzene rings is 1. The third-order valence-corrected chi connectivity index (χ3v) is 3.59. The van der Waals surface area contributed by atoms with Crippen molar-refractivity contribution in [3.8, 4) is 11.6 Å². The molecule has 5 nitrogen and oxygen atoms in total. The molecule has 1 heterocycles. The van der Waals surface area contributed by atoms with Gasteiger partial charge in [-0.15, -0.1) is 0 Å². The molecule has 0 saturated carbocycles. The summed E-state index contributed by atoms with van der Waals surface area (Å²) in [6.45, 7) is 9.18. The molecule has 148 valence electrons. The van der Waals surface area contributed by atoms with Crippen LogP contribution in [0.15, 0.2) is 30.5 Å². The van der Waals surface area contributed by atoms with Gasteiger partial charge in [-0.05, 0) is 48.6 Å². The fourth-order valence-corrected chi connectivity index (χ4v) is 2.04. The van der Waals surface area contributed by atoms with Crippen molar-refractivity contribution >= 4 is 5.91 Å². The number of pyridine rings is 1. The van der Waals surface area contributed by atoms with Crippen molar-refractivity contribution < 1.29 is 18.3 Å². The summed E-state index contributed by atoms with van der Waals surface area (Å²) in [6.07, 6.45) is 2.81. The number of amides is 1. The van der Waals surface area contributed by atoms with Gasteiger partial charge in [-0.3, -0.25) is 4.79 Å². The van der Waals surface area contributed by atoms with Crippen LogP contribution in [0.4, 0.5) is 8.78 Å². The lowest BCUT2D eigenvalue weighted by Crippen LogP contribution is -2.12. The number of hydrogen-bond acceptors (Lipinski definition) is 4. The van der Waals surface area contributed by atoms with Gasteiger partial charge in [0.15, 0.2) is 11.6 Å². The first kappa shape index (κ1) is 22.5. The molecule has 1 aromatic heterocycles. The van der Waals surface area contributed by atoms with Gasteiger partial charge in [0.25, 0.3) is 0 Å². The summed E-state index contributed by atoms with van der Waals surface area (Å²) in [5.41, 5.74) is 11.5. The quantitative estimate of drug-likeness (QED) is 0.815. The molecule has 2 aromatic rings. The van der Waals surface area contributed by atoms with Crippen LogP contribution in [0.3, 0.4) is 0 Å². The number of primary amides is 1. The number of nitrogens with zero attached hydrogens (tertiary/aromatic N) is 1. The second kappa shape index (κ2) is 9.97. The van der Waals surface area contributed by atoms with E-state index < -0.39 is 23.3 Å². The fraction of sp³-hybridized carbons (Fsp3) is 0.400. The van der Waals surface area contributed by atoms with E-state index in [1.807, 2.05) is 0 Å². The molecule has 0 saturated heterocycles. The molecule has 0 spiro atoms. The summed E-state index contributed by atoms with van der Waals surface area (Å²) < 4.78 is 32.5. The first-order valence-electron chi connectivity index (χ1n) is 8.69. The van der Waals surface area contributed by atoms with Gasteiger partial charge in [-0.1, -0.05) is 27.7 Å². The van der Waals surface area contributed by atoms with Crippen molar-refractivity contribution in [2.24, 2.45) is 16.9 Å². The molecule has 0 aliphatic heterocycles. The molecule has 0 atom stereocenters. The third-order valence-electron chi connectivity index (χ3n) is 3.59. The summed E-state index contributed by atoms with van der Waals surface area (Å²) in [5, 5.41) is 0. The first-order chi connectivity index (χ1) is 12.6. The molecule has 1 aromatic carbocycles. The Morgan fingerprint density at radius 3 is 2.11 bits per heavy atom. The van der Waals surface area contributed by atoms with Gasteiger partial charge in [0.2, 0.25) is 17.5 Å². The molecule has 2 rings (SSSR count). The highest BCUT2D eigenvalue weighted by Crippen LogP contribution is 2.27. The highest BCUT2D eigenvalue weighted by Gasteiger charge is 2.14. The van der Waals surface area contributed by atoms with Crippen LogP contribution in [0, 0.1) is 17.0 Å². The van der Waals surface area contributed by atoms with E-state index in [1.54, 1.807) is 6.92 Å². The summed E-state index contributed by atoms with van der Waals surface area (Å²) in [4.78, 5) is 14.6. The Bertz CT molecular complexity index is 734. The van der Waals surface area contributed by atoms with Gasteiger partial charge in [0, 0.05) is 12.3 Å². The number of aromatic nitrogens is 1. The highest BCUT2D eigenvalue weighted by molar-refractivity contribution is 5.92. The molecule has 1 amide bonds. The molecule has 0 radical (unpaired) electrons. The average Bonchev–Trinajstić information content (AvgIpc) is 2.57.